The van der Waals surface area contributed by atoms with Gasteiger partial charge in [0.05, 0.1) is 11.5 Å². The number of rotatable bonds is 10. The van der Waals surface area contributed by atoms with Crippen molar-refractivity contribution in [2.75, 3.05) is 31.7 Å². The zero-order valence-corrected chi connectivity index (χ0v) is 11.9. The molecule has 20 heavy (non-hydrogen) atoms. The predicted molar refractivity (Wildman–Crippen MR) is 76.3 cm³/mol. The van der Waals surface area contributed by atoms with Crippen LogP contribution in [-0.4, -0.2) is 36.3 Å². The first-order chi connectivity index (χ1) is 9.69. The molecule has 0 saturated carbocycles. The molecule has 0 aliphatic heterocycles. The highest BCUT2D eigenvalue weighted by Crippen LogP contribution is 2.26. The Morgan fingerprint density at radius 3 is 2.70 bits per heavy atom. The maximum absolute atomic E-state index is 10.9. The van der Waals surface area contributed by atoms with Crippen LogP contribution >= 0.6 is 0 Å². The molecule has 0 fully saturated rings. The third-order valence-corrected chi connectivity index (χ3v) is 2.41. The number of pyridine rings is 1. The van der Waals surface area contributed by atoms with E-state index in [-0.39, 0.29) is 18.2 Å². The van der Waals surface area contributed by atoms with E-state index < -0.39 is 4.92 Å². The van der Waals surface area contributed by atoms with Crippen molar-refractivity contribution in [2.45, 2.75) is 26.7 Å². The Bertz CT molecular complexity index is 426. The summed E-state index contributed by atoms with van der Waals surface area (Å²) >= 11 is 0. The van der Waals surface area contributed by atoms with E-state index in [1.165, 1.54) is 6.07 Å². The van der Waals surface area contributed by atoms with Crippen LogP contribution in [0.4, 0.5) is 11.5 Å². The summed E-state index contributed by atoms with van der Waals surface area (Å²) in [6.07, 6.45) is 1.87. The molecule has 0 atom stereocenters. The van der Waals surface area contributed by atoms with Crippen LogP contribution in [-0.2, 0) is 4.74 Å². The summed E-state index contributed by atoms with van der Waals surface area (Å²) in [5, 5.41) is 14.0. The minimum atomic E-state index is -0.501. The molecule has 7 nitrogen and oxygen atoms in total. The summed E-state index contributed by atoms with van der Waals surface area (Å²) in [4.78, 5) is 14.5. The molecule has 1 aromatic rings. The number of nitro groups is 1. The van der Waals surface area contributed by atoms with E-state index in [4.69, 9.17) is 9.47 Å². The maximum Gasteiger partial charge on any atom is 0.331 e. The fourth-order valence-corrected chi connectivity index (χ4v) is 1.47. The normalized spacial score (nSPS) is 10.3. The molecule has 0 aliphatic carbocycles. The fraction of sp³-hybridized carbons (Fsp3) is 0.615. The highest BCUT2D eigenvalue weighted by molar-refractivity contribution is 5.49. The van der Waals surface area contributed by atoms with Gasteiger partial charge < -0.3 is 14.8 Å². The second-order valence-corrected chi connectivity index (χ2v) is 4.17. The van der Waals surface area contributed by atoms with Crippen LogP contribution in [0.15, 0.2) is 12.1 Å². The molecular weight excluding hydrogens is 262 g/mol. The van der Waals surface area contributed by atoms with Crippen molar-refractivity contribution in [3.63, 3.8) is 0 Å². The molecule has 0 radical (unpaired) electrons. The SMILES string of the molecule is CCCNc1ccc([N+](=O)[O-])c(OCCOCCC)n1. The molecule has 0 saturated heterocycles. The largest absolute Gasteiger partial charge is 0.470 e. The quantitative estimate of drug-likeness (QED) is 0.403. The Morgan fingerprint density at radius 2 is 2.05 bits per heavy atom. The molecule has 0 unspecified atom stereocenters. The lowest BCUT2D eigenvalue weighted by Crippen LogP contribution is -2.10. The molecule has 7 heteroatoms. The molecule has 0 aromatic carbocycles. The summed E-state index contributed by atoms with van der Waals surface area (Å²) in [6.45, 7) is 6.07. The van der Waals surface area contributed by atoms with Gasteiger partial charge in [0.2, 0.25) is 0 Å². The van der Waals surface area contributed by atoms with Crippen LogP contribution in [0.5, 0.6) is 5.88 Å². The van der Waals surface area contributed by atoms with Gasteiger partial charge in [-0.05, 0) is 18.9 Å². The number of nitrogens with zero attached hydrogens (tertiary/aromatic N) is 2. The number of nitrogens with one attached hydrogen (secondary N) is 1. The second kappa shape index (κ2) is 9.08. The molecule has 1 heterocycles. The van der Waals surface area contributed by atoms with Crippen molar-refractivity contribution < 1.29 is 14.4 Å². The Hall–Kier alpha value is -1.89. The Balaban J connectivity index is 2.65. The van der Waals surface area contributed by atoms with Gasteiger partial charge in [0, 0.05) is 19.2 Å². The van der Waals surface area contributed by atoms with Gasteiger partial charge in [-0.15, -0.1) is 0 Å². The van der Waals surface area contributed by atoms with Gasteiger partial charge in [-0.1, -0.05) is 13.8 Å². The average Bonchev–Trinajstić information content (AvgIpc) is 2.44. The lowest BCUT2D eigenvalue weighted by Gasteiger charge is -2.09. The van der Waals surface area contributed by atoms with Crippen molar-refractivity contribution in [1.29, 1.82) is 0 Å². The van der Waals surface area contributed by atoms with Gasteiger partial charge in [-0.3, -0.25) is 10.1 Å². The van der Waals surface area contributed by atoms with E-state index in [2.05, 4.69) is 10.3 Å². The van der Waals surface area contributed by atoms with Gasteiger partial charge in [-0.2, -0.15) is 4.98 Å². The number of hydrogen-bond donors (Lipinski definition) is 1. The topological polar surface area (TPSA) is 86.5 Å². The summed E-state index contributed by atoms with van der Waals surface area (Å²) in [5.74, 6) is 0.595. The van der Waals surface area contributed by atoms with Crippen LogP contribution in [0.2, 0.25) is 0 Å². The molecular formula is C13H21N3O4. The van der Waals surface area contributed by atoms with E-state index in [0.29, 0.717) is 19.0 Å². The van der Waals surface area contributed by atoms with Crippen LogP contribution in [0, 0.1) is 10.1 Å². The van der Waals surface area contributed by atoms with Gasteiger partial charge in [0.1, 0.15) is 12.4 Å². The van der Waals surface area contributed by atoms with E-state index in [1.54, 1.807) is 6.07 Å². The van der Waals surface area contributed by atoms with Gasteiger partial charge in [-0.25, -0.2) is 0 Å². The average molecular weight is 283 g/mol. The lowest BCUT2D eigenvalue weighted by atomic mass is 10.4. The summed E-state index contributed by atoms with van der Waals surface area (Å²) in [6, 6.07) is 2.97. The van der Waals surface area contributed by atoms with Crippen LogP contribution in [0.3, 0.4) is 0 Å². The zero-order valence-electron chi connectivity index (χ0n) is 11.9. The first-order valence-corrected chi connectivity index (χ1v) is 6.78. The lowest BCUT2D eigenvalue weighted by molar-refractivity contribution is -0.386. The Kier molecular flexibility index (Phi) is 7.34. The van der Waals surface area contributed by atoms with Crippen LogP contribution < -0.4 is 10.1 Å². The molecule has 1 aromatic heterocycles. The molecule has 0 bridgehead atoms. The Morgan fingerprint density at radius 1 is 1.25 bits per heavy atom. The third-order valence-electron chi connectivity index (χ3n) is 2.41. The van der Waals surface area contributed by atoms with Crippen molar-refractivity contribution in [3.05, 3.63) is 22.2 Å². The molecule has 1 rings (SSSR count). The fourth-order valence-electron chi connectivity index (χ4n) is 1.47. The molecule has 1 N–H and O–H groups in total. The van der Waals surface area contributed by atoms with Crippen LogP contribution in [0.1, 0.15) is 26.7 Å². The van der Waals surface area contributed by atoms with Crippen LogP contribution in [0.25, 0.3) is 0 Å². The molecule has 112 valence electrons. The summed E-state index contributed by atoms with van der Waals surface area (Å²) < 4.78 is 10.6. The second-order valence-electron chi connectivity index (χ2n) is 4.17. The van der Waals surface area contributed by atoms with Gasteiger partial charge in [0.25, 0.3) is 5.88 Å². The highest BCUT2D eigenvalue weighted by Gasteiger charge is 2.17. The highest BCUT2D eigenvalue weighted by atomic mass is 16.6. The number of aromatic nitrogens is 1. The van der Waals surface area contributed by atoms with Crippen molar-refractivity contribution in [1.82, 2.24) is 4.98 Å². The monoisotopic (exact) mass is 283 g/mol. The molecule has 0 aliphatic rings. The zero-order chi connectivity index (χ0) is 14.8. The number of ether oxygens (including phenoxy) is 2. The van der Waals surface area contributed by atoms with E-state index in [1.807, 2.05) is 13.8 Å². The number of hydrogen-bond acceptors (Lipinski definition) is 6. The standard InChI is InChI=1S/C13H21N3O4/c1-3-7-14-12-6-5-11(16(17)18)13(15-12)20-10-9-19-8-4-2/h5-6H,3-4,7-10H2,1-2H3,(H,14,15). The van der Waals surface area contributed by atoms with Crippen molar-refractivity contribution in [3.8, 4) is 5.88 Å². The van der Waals surface area contributed by atoms with E-state index in [0.717, 1.165) is 19.4 Å². The van der Waals surface area contributed by atoms with E-state index in [9.17, 15) is 10.1 Å². The van der Waals surface area contributed by atoms with Gasteiger partial charge in [0.15, 0.2) is 0 Å². The minimum absolute atomic E-state index is 0.0243. The third kappa shape index (κ3) is 5.40. The smallest absolute Gasteiger partial charge is 0.331 e. The van der Waals surface area contributed by atoms with Crippen molar-refractivity contribution >= 4 is 11.5 Å². The van der Waals surface area contributed by atoms with Crippen molar-refractivity contribution in [2.24, 2.45) is 0 Å². The number of anilines is 1. The first kappa shape index (κ1) is 16.2. The van der Waals surface area contributed by atoms with E-state index >= 15 is 0 Å². The van der Waals surface area contributed by atoms with Gasteiger partial charge >= 0.3 is 5.69 Å². The maximum atomic E-state index is 10.9. The molecule has 0 amide bonds. The Labute approximate surface area is 118 Å². The summed E-state index contributed by atoms with van der Waals surface area (Å²) in [5.41, 5.74) is -0.137. The molecule has 0 spiro atoms. The minimum Gasteiger partial charge on any atom is -0.470 e. The predicted octanol–water partition coefficient (Wildman–Crippen LogP) is 2.62. The first-order valence-electron chi connectivity index (χ1n) is 6.78. The summed E-state index contributed by atoms with van der Waals surface area (Å²) in [7, 11) is 0.